The topological polar surface area (TPSA) is 382 Å². The first-order chi connectivity index (χ1) is 41.0. The number of ketones is 4. The Labute approximate surface area is 522 Å². The van der Waals surface area contributed by atoms with Crippen LogP contribution in [0, 0.1) is 11.8 Å². The predicted molar refractivity (Wildman–Crippen MR) is 334 cm³/mol. The molecule has 5 amide bonds. The van der Waals surface area contributed by atoms with Crippen LogP contribution in [0.1, 0.15) is 70.4 Å². The van der Waals surface area contributed by atoms with Crippen LogP contribution in [0.15, 0.2) is 48.5 Å². The molecule has 472 valence electrons. The molecule has 14 atom stereocenters. The summed E-state index contributed by atoms with van der Waals surface area (Å²) in [5, 5.41) is 62.6. The maximum atomic E-state index is 16.0. The van der Waals surface area contributed by atoms with E-state index in [0.29, 0.717) is 17.5 Å². The number of Topliss-reactive ketones (excluding diaryl/α,β-unsaturated/α-hetero) is 4. The summed E-state index contributed by atoms with van der Waals surface area (Å²) < 4.78 is 0. The highest BCUT2D eigenvalue weighted by molar-refractivity contribution is 8.77. The SMILES string of the molecule is CC(=O)[C@H](Cc1ccc(O)cc1)NC1CSSCC2C(=O)[C@H](Cc3ccc(O)cc3)NC(=O)[C@H](CCC(=O)O)NC3CSSCC(N[C@@H]([C@@H](C)O)C(=O)NCC1=O)C(=O)[C@H](C)NC(=O)[C@@H]1CCCN1C(=O)[C@H](CC(N)=O)NC2CSSCC3CC=O. The molecule has 30 heteroatoms. The van der Waals surface area contributed by atoms with Crippen molar-refractivity contribution in [2.24, 2.45) is 17.6 Å². The average Bonchev–Trinajstić information content (AvgIpc) is 3.81. The number of carboxylic acids is 1. The van der Waals surface area contributed by atoms with E-state index in [1.54, 1.807) is 24.3 Å². The first-order valence-electron chi connectivity index (χ1n) is 28.3. The molecule has 4 aliphatic heterocycles. The van der Waals surface area contributed by atoms with Gasteiger partial charge in [-0.1, -0.05) is 89.0 Å². The monoisotopic (exact) mass is 1310 g/mol. The number of phenolic OH excluding ortho intramolecular Hbond substituents is 2. The van der Waals surface area contributed by atoms with Gasteiger partial charge in [0, 0.05) is 71.9 Å². The van der Waals surface area contributed by atoms with Crippen molar-refractivity contribution in [1.82, 2.24) is 42.1 Å². The third-order valence-corrected chi connectivity index (χ3v) is 22.7. The van der Waals surface area contributed by atoms with Crippen molar-refractivity contribution in [2.75, 3.05) is 47.6 Å². The summed E-state index contributed by atoms with van der Waals surface area (Å²) in [4.78, 5) is 157. The number of aldehydes is 1. The minimum Gasteiger partial charge on any atom is -0.508 e. The van der Waals surface area contributed by atoms with Crippen LogP contribution in [-0.2, 0) is 65.6 Å². The molecule has 0 saturated carbocycles. The number of benzene rings is 2. The molecular weight excluding hydrogens is 1230 g/mol. The molecule has 2 aromatic carbocycles. The van der Waals surface area contributed by atoms with Crippen LogP contribution in [0.3, 0.4) is 0 Å². The highest BCUT2D eigenvalue weighted by Crippen LogP contribution is 2.35. The van der Waals surface area contributed by atoms with Crippen LogP contribution in [0.5, 0.6) is 11.5 Å². The number of carbonyl (C=O) groups is 11. The number of amides is 5. The Morgan fingerprint density at radius 2 is 1.37 bits per heavy atom. The number of aliphatic hydroxyl groups excluding tert-OH is 1. The zero-order valence-electron chi connectivity index (χ0n) is 47.8. The van der Waals surface area contributed by atoms with Crippen molar-refractivity contribution in [3.63, 3.8) is 0 Å². The summed E-state index contributed by atoms with van der Waals surface area (Å²) in [6.45, 7) is 3.52. The largest absolute Gasteiger partial charge is 0.508 e. The van der Waals surface area contributed by atoms with E-state index in [1.807, 2.05) is 0 Å². The van der Waals surface area contributed by atoms with E-state index in [2.05, 4.69) is 37.2 Å². The van der Waals surface area contributed by atoms with E-state index in [4.69, 9.17) is 5.73 Å². The normalized spacial score (nSPS) is 29.3. The molecule has 6 rings (SSSR count). The van der Waals surface area contributed by atoms with Gasteiger partial charge in [-0.3, -0.25) is 58.6 Å². The maximum Gasteiger partial charge on any atom is 0.303 e. The Bertz CT molecular complexity index is 2720. The van der Waals surface area contributed by atoms with Gasteiger partial charge in [0.25, 0.3) is 0 Å². The van der Waals surface area contributed by atoms with E-state index < -0.39 is 157 Å². The predicted octanol–water partition coefficient (Wildman–Crippen LogP) is 0.711. The van der Waals surface area contributed by atoms with Crippen molar-refractivity contribution in [1.29, 1.82) is 0 Å². The van der Waals surface area contributed by atoms with Gasteiger partial charge >= 0.3 is 5.97 Å². The third-order valence-electron chi connectivity index (χ3n) is 15.3. The maximum absolute atomic E-state index is 16.0. The number of hydrogen-bond donors (Lipinski definition) is 12. The van der Waals surface area contributed by atoms with E-state index in [-0.39, 0.29) is 90.4 Å². The number of primary amides is 1. The zero-order chi connectivity index (χ0) is 62.6. The number of nitrogens with zero attached hydrogens (tertiary/aromatic N) is 1. The first-order valence-corrected chi connectivity index (χ1v) is 35.7. The molecule has 3 bridgehead atoms. The Kier molecular flexibility index (Phi) is 28.4. The number of phenols is 2. The van der Waals surface area contributed by atoms with Gasteiger partial charge in [-0.2, -0.15) is 0 Å². The highest BCUT2D eigenvalue weighted by Gasteiger charge is 2.44. The van der Waals surface area contributed by atoms with E-state index >= 15 is 14.4 Å². The second-order valence-corrected chi connectivity index (χ2v) is 29.4. The molecule has 0 aromatic heterocycles. The van der Waals surface area contributed by atoms with Crippen LogP contribution in [0.2, 0.25) is 0 Å². The molecule has 4 heterocycles. The van der Waals surface area contributed by atoms with Crippen molar-refractivity contribution < 1.29 is 73.2 Å². The molecule has 0 radical (unpaired) electrons. The Balaban J connectivity index is 1.57. The van der Waals surface area contributed by atoms with Crippen molar-refractivity contribution in [3.05, 3.63) is 59.7 Å². The smallest absolute Gasteiger partial charge is 0.303 e. The van der Waals surface area contributed by atoms with Crippen LogP contribution < -0.4 is 43.0 Å². The average molecular weight is 1310 g/mol. The summed E-state index contributed by atoms with van der Waals surface area (Å²) in [6.07, 6.45) is -1.65. The van der Waals surface area contributed by atoms with Gasteiger partial charge in [-0.25, -0.2) is 0 Å². The van der Waals surface area contributed by atoms with Gasteiger partial charge in [0.1, 0.15) is 35.7 Å². The van der Waals surface area contributed by atoms with Crippen LogP contribution in [-0.4, -0.2) is 210 Å². The summed E-state index contributed by atoms with van der Waals surface area (Å²) in [7, 11) is 7.30. The number of hydrogen-bond acceptors (Lipinski definition) is 24. The molecule has 2 aromatic rings. The van der Waals surface area contributed by atoms with Gasteiger partial charge in [0.2, 0.25) is 29.5 Å². The second kappa shape index (κ2) is 34.8. The number of carboxylic acid groups (broad SMARTS) is 1. The summed E-state index contributed by atoms with van der Waals surface area (Å²) in [6, 6.07) is -1.17. The van der Waals surface area contributed by atoms with E-state index in [9.17, 15) is 58.8 Å². The first kappa shape index (κ1) is 70.2. The van der Waals surface area contributed by atoms with Crippen molar-refractivity contribution in [3.8, 4) is 11.5 Å². The molecular formula is C56H77N9O15S6. The minimum atomic E-state index is -1.54. The minimum absolute atomic E-state index is 0.00544. The fourth-order valence-corrected chi connectivity index (χ4v) is 18.3. The van der Waals surface area contributed by atoms with Crippen LogP contribution in [0.25, 0.3) is 0 Å². The fraction of sp³-hybridized carbons (Fsp3) is 0.589. The van der Waals surface area contributed by atoms with Crippen molar-refractivity contribution in [2.45, 2.75) is 145 Å². The zero-order valence-corrected chi connectivity index (χ0v) is 52.7. The quantitative estimate of drug-likeness (QED) is 0.0863. The summed E-state index contributed by atoms with van der Waals surface area (Å²) >= 11 is 0. The van der Waals surface area contributed by atoms with E-state index in [1.165, 1.54) is 82.3 Å². The van der Waals surface area contributed by atoms with Gasteiger partial charge in [0.15, 0.2) is 17.3 Å². The lowest BCUT2D eigenvalue weighted by atomic mass is 9.88. The van der Waals surface area contributed by atoms with Gasteiger partial charge in [-0.05, 0) is 94.2 Å². The summed E-state index contributed by atoms with van der Waals surface area (Å²) in [5.41, 5.74) is 7.04. The number of nitrogens with two attached hydrogens (primary N) is 1. The number of aliphatic hydroxyl groups is 1. The number of aliphatic carboxylic acids is 1. The molecule has 13 N–H and O–H groups in total. The molecule has 4 aliphatic rings. The molecule has 4 saturated heterocycles. The molecule has 6 unspecified atom stereocenters. The summed E-state index contributed by atoms with van der Waals surface area (Å²) in [5.74, 6) is -8.94. The van der Waals surface area contributed by atoms with Crippen molar-refractivity contribution >= 4 is 130 Å². The van der Waals surface area contributed by atoms with Gasteiger partial charge < -0.3 is 62.4 Å². The third kappa shape index (κ3) is 21.1. The Hall–Kier alpha value is -4.89. The highest BCUT2D eigenvalue weighted by atomic mass is 33.1. The molecule has 24 nitrogen and oxygen atoms in total. The number of fused-ring (bicyclic) bond motifs is 11. The Morgan fingerprint density at radius 1 is 0.756 bits per heavy atom. The lowest BCUT2D eigenvalue weighted by molar-refractivity contribution is -0.142. The number of aromatic hydroxyl groups is 2. The van der Waals surface area contributed by atoms with Gasteiger partial charge in [0.05, 0.1) is 61.4 Å². The second-order valence-electron chi connectivity index (χ2n) is 21.8. The molecule has 4 fully saturated rings. The number of rotatable bonds is 15. The molecule has 86 heavy (non-hydrogen) atoms. The number of carbonyl (C=O) groups excluding carboxylic acids is 10. The lowest BCUT2D eigenvalue weighted by Crippen LogP contribution is -2.61. The number of nitrogens with one attached hydrogen (secondary N) is 7. The molecule has 0 aliphatic carbocycles. The Morgan fingerprint density at radius 3 is 2.01 bits per heavy atom. The van der Waals surface area contributed by atoms with E-state index in [0.717, 1.165) is 38.7 Å². The standard InChI is InChI=1S/C56H77N9O15S6/c1-29-51(75)45-28-86-83-25-42-34(16-18-66)23-81-84-26-43(62-41(21-48(57)72)56(80)65-17-4-5-46(65)54(78)59-29)37(52(76)40(20-33-8-12-36(70)13-9-33)64-53(77)38(60-42)14-15-49(73)74)24-82-85-27-44(47(71)22-58-55(79)50(63-45)31(3)68)61-39(30(2)67)19-32-6-10-35(69)11-7-32/h6-13,18,29,31,34,37-46,50,60-63,68-70H,4-5,14-17,19-28H2,1-3H3,(H2,57,72)(H,58,79)(H,59,78)(H,64,77)(H,73,74)/t29-,31+,34?,37?,38-,39-,40-,41-,42?,43?,44?,45?,46-,50-/m0/s1. The lowest BCUT2D eigenvalue weighted by Gasteiger charge is -2.36. The fourth-order valence-electron chi connectivity index (χ4n) is 10.4. The van der Waals surface area contributed by atoms with Crippen LogP contribution >= 0.6 is 64.8 Å². The van der Waals surface area contributed by atoms with Gasteiger partial charge in [-0.15, -0.1) is 0 Å². The molecule has 0 spiro atoms. The van der Waals surface area contributed by atoms with Crippen LogP contribution in [0.4, 0.5) is 0 Å².